The third kappa shape index (κ3) is 3.77. The van der Waals surface area contributed by atoms with E-state index in [2.05, 4.69) is 4.74 Å². The van der Waals surface area contributed by atoms with Gasteiger partial charge < -0.3 is 4.74 Å². The van der Waals surface area contributed by atoms with Gasteiger partial charge in [0.25, 0.3) is 0 Å². The summed E-state index contributed by atoms with van der Waals surface area (Å²) in [7, 11) is 1.36. The highest BCUT2D eigenvalue weighted by Crippen LogP contribution is 2.07. The third-order valence-corrected chi connectivity index (χ3v) is 1.92. The van der Waals surface area contributed by atoms with Crippen molar-refractivity contribution in [1.29, 1.82) is 0 Å². The second-order valence-electron chi connectivity index (χ2n) is 2.99. The number of allylic oxidation sites excluding steroid dienone is 1. The van der Waals surface area contributed by atoms with E-state index in [1.165, 1.54) is 13.2 Å². The lowest BCUT2D eigenvalue weighted by Gasteiger charge is -2.00. The number of methoxy groups -OCH3 is 1. The van der Waals surface area contributed by atoms with Gasteiger partial charge in [0.1, 0.15) is 6.29 Å². The first kappa shape index (κ1) is 11.2. The van der Waals surface area contributed by atoms with Gasteiger partial charge in [-0.15, -0.1) is 0 Å². The Morgan fingerprint density at radius 1 is 1.33 bits per heavy atom. The summed E-state index contributed by atoms with van der Waals surface area (Å²) in [6.45, 7) is 0. The quantitative estimate of drug-likeness (QED) is 0.425. The van der Waals surface area contributed by atoms with Crippen LogP contribution >= 0.6 is 0 Å². The fourth-order valence-electron chi connectivity index (χ4n) is 1.14. The van der Waals surface area contributed by atoms with Crippen LogP contribution in [0.15, 0.2) is 30.3 Å². The van der Waals surface area contributed by atoms with Crippen molar-refractivity contribution in [3.63, 3.8) is 0 Å². The highest BCUT2D eigenvalue weighted by atomic mass is 16.5. The Morgan fingerprint density at radius 2 is 2.00 bits per heavy atom. The largest absolute Gasteiger partial charge is 0.469 e. The van der Waals surface area contributed by atoms with Gasteiger partial charge in [-0.3, -0.25) is 9.59 Å². The molecule has 0 amide bonds. The summed E-state index contributed by atoms with van der Waals surface area (Å²) in [4.78, 5) is 21.0. The second-order valence-corrected chi connectivity index (χ2v) is 2.99. The van der Waals surface area contributed by atoms with Crippen LogP contribution in [0.2, 0.25) is 0 Å². The summed E-state index contributed by atoms with van der Waals surface area (Å²) in [5, 5.41) is 0. The molecule has 15 heavy (non-hydrogen) atoms. The van der Waals surface area contributed by atoms with Gasteiger partial charge in [-0.2, -0.15) is 0 Å². The number of esters is 1. The van der Waals surface area contributed by atoms with Crippen LogP contribution < -0.4 is 0 Å². The first-order chi connectivity index (χ1) is 7.26. The van der Waals surface area contributed by atoms with Crippen LogP contribution in [0.5, 0.6) is 0 Å². The van der Waals surface area contributed by atoms with Gasteiger partial charge in [-0.1, -0.05) is 30.3 Å². The molecule has 0 bridgehead atoms. The Bertz CT molecular complexity index is 363. The maximum absolute atomic E-state index is 11.0. The van der Waals surface area contributed by atoms with Crippen molar-refractivity contribution >= 4 is 18.3 Å². The Kier molecular flexibility index (Phi) is 4.29. The fourth-order valence-corrected chi connectivity index (χ4v) is 1.14. The maximum Gasteiger partial charge on any atom is 0.309 e. The van der Waals surface area contributed by atoms with Crippen LogP contribution in [0, 0.1) is 0 Å². The standard InChI is InChI=1S/C12H12O3/c1-15-12(14)9-11-6-4-10(5-7-11)3-2-8-13/h2-8H,9H2,1H3/b3-2+. The van der Waals surface area contributed by atoms with Crippen molar-refractivity contribution in [2.24, 2.45) is 0 Å². The molecule has 3 heteroatoms. The molecule has 0 aliphatic rings. The van der Waals surface area contributed by atoms with Crippen LogP contribution in [0.4, 0.5) is 0 Å². The molecule has 0 unspecified atom stereocenters. The van der Waals surface area contributed by atoms with Crippen molar-refractivity contribution in [3.05, 3.63) is 41.5 Å². The minimum Gasteiger partial charge on any atom is -0.469 e. The minimum absolute atomic E-state index is 0.258. The Labute approximate surface area is 88.4 Å². The molecule has 78 valence electrons. The summed E-state index contributed by atoms with van der Waals surface area (Å²) in [6.07, 6.45) is 4.13. The van der Waals surface area contributed by atoms with Gasteiger partial charge in [0.05, 0.1) is 13.5 Å². The first-order valence-electron chi connectivity index (χ1n) is 4.54. The highest BCUT2D eigenvalue weighted by Gasteiger charge is 2.01. The van der Waals surface area contributed by atoms with E-state index in [-0.39, 0.29) is 12.4 Å². The molecule has 0 saturated carbocycles. The van der Waals surface area contributed by atoms with Crippen molar-refractivity contribution < 1.29 is 14.3 Å². The highest BCUT2D eigenvalue weighted by molar-refractivity contribution is 5.74. The van der Waals surface area contributed by atoms with Gasteiger partial charge in [0.2, 0.25) is 0 Å². The van der Waals surface area contributed by atoms with Crippen molar-refractivity contribution in [3.8, 4) is 0 Å². The van der Waals surface area contributed by atoms with Gasteiger partial charge in [0.15, 0.2) is 0 Å². The molecular weight excluding hydrogens is 192 g/mol. The van der Waals surface area contributed by atoms with Crippen LogP contribution in [0.25, 0.3) is 6.08 Å². The van der Waals surface area contributed by atoms with E-state index in [1.54, 1.807) is 6.08 Å². The number of carbonyl (C=O) groups is 2. The van der Waals surface area contributed by atoms with Gasteiger partial charge in [0, 0.05) is 0 Å². The van der Waals surface area contributed by atoms with E-state index >= 15 is 0 Å². The maximum atomic E-state index is 11.0. The predicted octanol–water partition coefficient (Wildman–Crippen LogP) is 1.61. The number of hydrogen-bond donors (Lipinski definition) is 0. The molecule has 0 fully saturated rings. The molecule has 0 spiro atoms. The SMILES string of the molecule is COC(=O)Cc1ccc(/C=C/C=O)cc1. The molecular formula is C12H12O3. The van der Waals surface area contributed by atoms with E-state index in [4.69, 9.17) is 0 Å². The number of aldehydes is 1. The molecule has 0 radical (unpaired) electrons. The third-order valence-electron chi connectivity index (χ3n) is 1.92. The van der Waals surface area contributed by atoms with Gasteiger partial charge in [-0.25, -0.2) is 0 Å². The van der Waals surface area contributed by atoms with Crippen LogP contribution in [0.1, 0.15) is 11.1 Å². The van der Waals surface area contributed by atoms with Crippen molar-refractivity contribution in [2.75, 3.05) is 7.11 Å². The van der Waals surface area contributed by atoms with E-state index in [0.717, 1.165) is 17.4 Å². The smallest absolute Gasteiger partial charge is 0.309 e. The second kappa shape index (κ2) is 5.75. The van der Waals surface area contributed by atoms with E-state index in [0.29, 0.717) is 0 Å². The summed E-state index contributed by atoms with van der Waals surface area (Å²) >= 11 is 0. The normalized spacial score (nSPS) is 10.2. The van der Waals surface area contributed by atoms with Crippen LogP contribution in [-0.2, 0) is 20.7 Å². The van der Waals surface area contributed by atoms with Gasteiger partial charge >= 0.3 is 5.97 Å². The molecule has 0 saturated heterocycles. The molecule has 1 rings (SSSR count). The molecule has 0 heterocycles. The van der Waals surface area contributed by atoms with Crippen molar-refractivity contribution in [2.45, 2.75) is 6.42 Å². The minimum atomic E-state index is -0.258. The van der Waals surface area contributed by atoms with Crippen LogP contribution in [-0.4, -0.2) is 19.4 Å². The molecule has 0 atom stereocenters. The lowest BCUT2D eigenvalue weighted by Crippen LogP contribution is -2.03. The number of hydrogen-bond acceptors (Lipinski definition) is 3. The Morgan fingerprint density at radius 3 is 2.53 bits per heavy atom. The van der Waals surface area contributed by atoms with Gasteiger partial charge in [-0.05, 0) is 17.2 Å². The summed E-state index contributed by atoms with van der Waals surface area (Å²) in [5.74, 6) is -0.258. The zero-order valence-electron chi connectivity index (χ0n) is 8.47. The number of carbonyl (C=O) groups excluding carboxylic acids is 2. The molecule has 0 aromatic heterocycles. The molecule has 0 N–H and O–H groups in total. The van der Waals surface area contributed by atoms with E-state index < -0.39 is 0 Å². The van der Waals surface area contributed by atoms with E-state index in [9.17, 15) is 9.59 Å². The van der Waals surface area contributed by atoms with E-state index in [1.807, 2.05) is 24.3 Å². The average Bonchev–Trinajstić information content (AvgIpc) is 2.28. The zero-order chi connectivity index (χ0) is 11.1. The molecule has 0 aliphatic heterocycles. The Balaban J connectivity index is 2.67. The number of ether oxygens (including phenoxy) is 1. The zero-order valence-corrected chi connectivity index (χ0v) is 8.47. The molecule has 3 nitrogen and oxygen atoms in total. The number of rotatable bonds is 4. The predicted molar refractivity (Wildman–Crippen MR) is 57.3 cm³/mol. The molecule has 1 aromatic carbocycles. The number of benzene rings is 1. The lowest BCUT2D eigenvalue weighted by atomic mass is 10.1. The van der Waals surface area contributed by atoms with Crippen LogP contribution in [0.3, 0.4) is 0 Å². The summed E-state index contributed by atoms with van der Waals surface area (Å²) < 4.78 is 4.55. The van der Waals surface area contributed by atoms with Crippen molar-refractivity contribution in [1.82, 2.24) is 0 Å². The average molecular weight is 204 g/mol. The summed E-state index contributed by atoms with van der Waals surface area (Å²) in [6, 6.07) is 7.36. The Hall–Kier alpha value is -1.90. The monoisotopic (exact) mass is 204 g/mol. The fraction of sp³-hybridized carbons (Fsp3) is 0.167. The molecule has 0 aliphatic carbocycles. The lowest BCUT2D eigenvalue weighted by molar-refractivity contribution is -0.139. The summed E-state index contributed by atoms with van der Waals surface area (Å²) in [5.41, 5.74) is 1.82. The topological polar surface area (TPSA) is 43.4 Å². The first-order valence-corrected chi connectivity index (χ1v) is 4.54. The molecule has 1 aromatic rings.